The first kappa shape index (κ1) is 12.5. The van der Waals surface area contributed by atoms with E-state index < -0.39 is 6.04 Å². The van der Waals surface area contributed by atoms with Crippen molar-refractivity contribution in [3.8, 4) is 0 Å². The van der Waals surface area contributed by atoms with E-state index in [1.54, 1.807) is 6.07 Å². The number of aryl methyl sites for hydroxylation is 1. The first-order chi connectivity index (χ1) is 8.49. The molecule has 1 aromatic rings. The number of pyridine rings is 1. The number of nitrogens with zero attached hydrogens (tertiary/aromatic N) is 2. The van der Waals surface area contributed by atoms with Crippen molar-refractivity contribution < 1.29 is 9.59 Å². The first-order valence-electron chi connectivity index (χ1n) is 6.05. The van der Waals surface area contributed by atoms with Crippen LogP contribution in [0.1, 0.15) is 26.0 Å². The lowest BCUT2D eigenvalue weighted by molar-refractivity contribution is -0.140. The zero-order chi connectivity index (χ0) is 13.3. The van der Waals surface area contributed by atoms with Gasteiger partial charge in [0.15, 0.2) is 0 Å². The molecule has 1 atom stereocenters. The van der Waals surface area contributed by atoms with E-state index in [0.717, 1.165) is 5.69 Å². The molecule has 1 aliphatic rings. The minimum Gasteiger partial charge on any atom is -0.358 e. The molecule has 1 aliphatic heterocycles. The highest BCUT2D eigenvalue weighted by Crippen LogP contribution is 2.19. The fraction of sp³-hybridized carbons (Fsp3) is 0.462. The quantitative estimate of drug-likeness (QED) is 0.819. The summed E-state index contributed by atoms with van der Waals surface area (Å²) in [6.07, 6.45) is 0.201. The van der Waals surface area contributed by atoms with Gasteiger partial charge in [0, 0.05) is 11.7 Å². The van der Waals surface area contributed by atoms with Gasteiger partial charge in [-0.1, -0.05) is 6.07 Å². The average molecular weight is 247 g/mol. The number of anilines is 1. The van der Waals surface area contributed by atoms with Crippen LogP contribution in [0.25, 0.3) is 0 Å². The summed E-state index contributed by atoms with van der Waals surface area (Å²) in [5.74, 6) is 0.338. The largest absolute Gasteiger partial charge is 0.358 e. The second-order valence-electron chi connectivity index (χ2n) is 4.76. The van der Waals surface area contributed by atoms with Gasteiger partial charge in [-0.05, 0) is 32.9 Å². The highest BCUT2D eigenvalue weighted by Gasteiger charge is 2.39. The third-order valence-corrected chi connectivity index (χ3v) is 2.91. The van der Waals surface area contributed by atoms with Gasteiger partial charge in [0.05, 0.1) is 6.42 Å². The number of nitrogens with one attached hydrogen (secondary N) is 1. The van der Waals surface area contributed by atoms with Crippen molar-refractivity contribution in [2.24, 2.45) is 0 Å². The molecule has 0 bridgehead atoms. The van der Waals surface area contributed by atoms with Gasteiger partial charge < -0.3 is 5.32 Å². The van der Waals surface area contributed by atoms with Crippen molar-refractivity contribution in [1.29, 1.82) is 0 Å². The molecule has 0 aromatic carbocycles. The van der Waals surface area contributed by atoms with Gasteiger partial charge >= 0.3 is 0 Å². The fourth-order valence-electron chi connectivity index (χ4n) is 2.11. The summed E-state index contributed by atoms with van der Waals surface area (Å²) >= 11 is 0. The third-order valence-electron chi connectivity index (χ3n) is 2.91. The van der Waals surface area contributed by atoms with Gasteiger partial charge in [0.25, 0.3) is 5.91 Å². The van der Waals surface area contributed by atoms with Crippen molar-refractivity contribution in [2.75, 3.05) is 5.32 Å². The second kappa shape index (κ2) is 4.76. The highest BCUT2D eigenvalue weighted by molar-refractivity contribution is 6.07. The second-order valence-corrected chi connectivity index (χ2v) is 4.76. The molecular formula is C13H17N3O2. The Hall–Kier alpha value is -1.91. The summed E-state index contributed by atoms with van der Waals surface area (Å²) < 4.78 is 0. The first-order valence-corrected chi connectivity index (χ1v) is 6.05. The van der Waals surface area contributed by atoms with Crippen molar-refractivity contribution in [1.82, 2.24) is 9.88 Å². The molecule has 0 saturated carbocycles. The summed E-state index contributed by atoms with van der Waals surface area (Å²) in [5.41, 5.74) is 0.873. The maximum atomic E-state index is 12.1. The van der Waals surface area contributed by atoms with Crippen LogP contribution < -0.4 is 5.32 Å². The van der Waals surface area contributed by atoms with E-state index in [9.17, 15) is 9.59 Å². The molecule has 0 spiro atoms. The van der Waals surface area contributed by atoms with Gasteiger partial charge in [-0.25, -0.2) is 4.98 Å². The monoisotopic (exact) mass is 247 g/mol. The van der Waals surface area contributed by atoms with Crippen LogP contribution in [0.4, 0.5) is 5.82 Å². The molecule has 2 rings (SSSR count). The van der Waals surface area contributed by atoms with E-state index >= 15 is 0 Å². The molecule has 1 fully saturated rings. The summed E-state index contributed by atoms with van der Waals surface area (Å²) in [6.45, 7) is 5.55. The number of hydrogen-bond donors (Lipinski definition) is 1. The lowest BCUT2D eigenvalue weighted by Gasteiger charge is -2.19. The van der Waals surface area contributed by atoms with E-state index in [2.05, 4.69) is 10.3 Å². The van der Waals surface area contributed by atoms with Crippen molar-refractivity contribution >= 4 is 17.6 Å². The van der Waals surface area contributed by atoms with E-state index in [1.165, 1.54) is 4.90 Å². The van der Waals surface area contributed by atoms with Crippen LogP contribution in [0.5, 0.6) is 0 Å². The van der Waals surface area contributed by atoms with Gasteiger partial charge in [0.1, 0.15) is 11.9 Å². The number of likely N-dealkylation sites (tertiary alicyclic amines) is 1. The maximum absolute atomic E-state index is 12.1. The standard InChI is InChI=1S/C13H17N3O2/c1-8(2)16-12(17)7-10(13(16)18)15-11-6-4-5-9(3)14-11/h4-6,8,10H,7H2,1-3H3,(H,14,15). The van der Waals surface area contributed by atoms with E-state index in [0.29, 0.717) is 5.82 Å². The van der Waals surface area contributed by atoms with Gasteiger partial charge in [0.2, 0.25) is 5.91 Å². The Morgan fingerprint density at radius 3 is 2.67 bits per heavy atom. The molecule has 2 amide bonds. The van der Waals surface area contributed by atoms with Crippen LogP contribution in [-0.4, -0.2) is 33.8 Å². The summed E-state index contributed by atoms with van der Waals surface area (Å²) in [7, 11) is 0. The summed E-state index contributed by atoms with van der Waals surface area (Å²) in [4.78, 5) is 29.4. The molecule has 0 aliphatic carbocycles. The zero-order valence-corrected chi connectivity index (χ0v) is 10.8. The van der Waals surface area contributed by atoms with Crippen LogP contribution in [0.3, 0.4) is 0 Å². The molecule has 1 aromatic heterocycles. The SMILES string of the molecule is Cc1cccc(NC2CC(=O)N(C(C)C)C2=O)n1. The molecule has 1 N–H and O–H groups in total. The number of hydrogen-bond acceptors (Lipinski definition) is 4. The predicted molar refractivity (Wildman–Crippen MR) is 68.0 cm³/mol. The molecule has 1 unspecified atom stereocenters. The minimum atomic E-state index is -0.491. The van der Waals surface area contributed by atoms with Gasteiger partial charge in [-0.15, -0.1) is 0 Å². The summed E-state index contributed by atoms with van der Waals surface area (Å²) in [5, 5.41) is 3.02. The van der Waals surface area contributed by atoms with Crippen LogP contribution >= 0.6 is 0 Å². The maximum Gasteiger partial charge on any atom is 0.252 e. The normalized spacial score (nSPS) is 19.8. The Bertz CT molecular complexity index is 485. The van der Waals surface area contributed by atoms with Gasteiger partial charge in [-0.3, -0.25) is 14.5 Å². The third kappa shape index (κ3) is 2.34. The van der Waals surface area contributed by atoms with E-state index in [1.807, 2.05) is 32.9 Å². The number of aromatic nitrogens is 1. The lowest BCUT2D eigenvalue weighted by atomic mass is 10.2. The topological polar surface area (TPSA) is 62.3 Å². The molecule has 5 heteroatoms. The molecule has 96 valence electrons. The smallest absolute Gasteiger partial charge is 0.252 e. The van der Waals surface area contributed by atoms with E-state index in [4.69, 9.17) is 0 Å². The number of imide groups is 1. The fourth-order valence-corrected chi connectivity index (χ4v) is 2.11. The zero-order valence-electron chi connectivity index (χ0n) is 10.8. The summed E-state index contributed by atoms with van der Waals surface area (Å²) in [6, 6.07) is 4.96. The average Bonchev–Trinajstić information content (AvgIpc) is 2.54. The van der Waals surface area contributed by atoms with E-state index in [-0.39, 0.29) is 24.3 Å². The lowest BCUT2D eigenvalue weighted by Crippen LogP contribution is -2.39. The van der Waals surface area contributed by atoms with Crippen LogP contribution in [-0.2, 0) is 9.59 Å². The number of amides is 2. The Morgan fingerprint density at radius 1 is 1.39 bits per heavy atom. The molecular weight excluding hydrogens is 230 g/mol. The highest BCUT2D eigenvalue weighted by atomic mass is 16.2. The Labute approximate surface area is 106 Å². The van der Waals surface area contributed by atoms with Crippen molar-refractivity contribution in [2.45, 2.75) is 39.3 Å². The van der Waals surface area contributed by atoms with Crippen LogP contribution in [0, 0.1) is 6.92 Å². The molecule has 2 heterocycles. The molecule has 1 saturated heterocycles. The molecule has 5 nitrogen and oxygen atoms in total. The van der Waals surface area contributed by atoms with Crippen molar-refractivity contribution in [3.63, 3.8) is 0 Å². The molecule has 0 radical (unpaired) electrons. The minimum absolute atomic E-state index is 0.0951. The Kier molecular flexibility index (Phi) is 3.32. The Balaban J connectivity index is 2.12. The molecule has 18 heavy (non-hydrogen) atoms. The predicted octanol–water partition coefficient (Wildman–Crippen LogP) is 1.34. The Morgan fingerprint density at radius 2 is 2.11 bits per heavy atom. The number of carbonyl (C=O) groups is 2. The van der Waals surface area contributed by atoms with Crippen LogP contribution in [0.2, 0.25) is 0 Å². The number of rotatable bonds is 3. The van der Waals surface area contributed by atoms with Crippen LogP contribution in [0.15, 0.2) is 18.2 Å². The van der Waals surface area contributed by atoms with Crippen molar-refractivity contribution in [3.05, 3.63) is 23.9 Å². The number of carbonyl (C=O) groups excluding carboxylic acids is 2. The van der Waals surface area contributed by atoms with Gasteiger partial charge in [-0.2, -0.15) is 0 Å².